The van der Waals surface area contributed by atoms with E-state index in [1.807, 2.05) is 28.8 Å². The topological polar surface area (TPSA) is 29.9 Å². The van der Waals surface area contributed by atoms with E-state index in [9.17, 15) is 0 Å². The highest BCUT2D eigenvalue weighted by atomic mass is 35.5. The van der Waals surface area contributed by atoms with Gasteiger partial charge in [-0.25, -0.2) is 0 Å². The van der Waals surface area contributed by atoms with Crippen molar-refractivity contribution in [2.45, 2.75) is 0 Å². The van der Waals surface area contributed by atoms with Crippen molar-refractivity contribution in [3.63, 3.8) is 0 Å². The van der Waals surface area contributed by atoms with Crippen LogP contribution in [0.5, 0.6) is 5.75 Å². The van der Waals surface area contributed by atoms with Gasteiger partial charge in [0, 0.05) is 6.07 Å². The molecule has 1 heterocycles. The summed E-state index contributed by atoms with van der Waals surface area (Å²) in [6.07, 6.45) is 0. The first kappa shape index (κ1) is 13.5. The van der Waals surface area contributed by atoms with E-state index in [0.29, 0.717) is 14.8 Å². The van der Waals surface area contributed by atoms with Gasteiger partial charge in [-0.2, -0.15) is 0 Å². The van der Waals surface area contributed by atoms with Crippen molar-refractivity contribution in [2.75, 3.05) is 7.11 Å². The van der Waals surface area contributed by atoms with Crippen molar-refractivity contribution < 1.29 is 4.74 Å². The smallest absolute Gasteiger partial charge is 0.182 e. The molecule has 0 saturated carbocycles. The molecule has 0 bridgehead atoms. The molecule has 20 heavy (non-hydrogen) atoms. The number of rotatable bonds is 2. The third kappa shape index (κ3) is 2.20. The van der Waals surface area contributed by atoms with Crippen LogP contribution in [0.3, 0.4) is 0 Å². The van der Waals surface area contributed by atoms with Crippen LogP contribution in [0.1, 0.15) is 0 Å². The normalized spacial score (nSPS) is 10.9. The Labute approximate surface area is 130 Å². The fraction of sp³-hybridized carbons (Fsp3) is 0.0714. The Bertz CT molecular complexity index is 854. The Morgan fingerprint density at radius 1 is 1.15 bits per heavy atom. The van der Waals surface area contributed by atoms with Crippen molar-refractivity contribution in [1.29, 1.82) is 0 Å². The molecule has 0 radical (unpaired) electrons. The minimum atomic E-state index is 0.491. The van der Waals surface area contributed by atoms with Crippen LogP contribution in [-0.2, 0) is 0 Å². The molecule has 0 aliphatic rings. The van der Waals surface area contributed by atoms with Gasteiger partial charge in [0.25, 0.3) is 0 Å². The van der Waals surface area contributed by atoms with Gasteiger partial charge in [-0.05, 0) is 36.5 Å². The molecule has 2 aromatic carbocycles. The van der Waals surface area contributed by atoms with Gasteiger partial charge in [-0.3, -0.25) is 4.57 Å². The summed E-state index contributed by atoms with van der Waals surface area (Å²) in [6, 6.07) is 11.2. The second-order valence-corrected chi connectivity index (χ2v) is 5.45. The van der Waals surface area contributed by atoms with Crippen LogP contribution in [0, 0.1) is 4.77 Å². The van der Waals surface area contributed by atoms with Crippen molar-refractivity contribution in [3.05, 3.63) is 51.2 Å². The Balaban J connectivity index is 2.32. The molecule has 0 atom stereocenters. The number of hydrogen-bond donors (Lipinski definition) is 1. The highest BCUT2D eigenvalue weighted by Gasteiger charge is 2.10. The molecule has 0 aliphatic heterocycles. The number of methoxy groups -OCH3 is 1. The van der Waals surface area contributed by atoms with Crippen LogP contribution in [0.2, 0.25) is 10.0 Å². The molecule has 6 heteroatoms. The number of ether oxygens (including phenoxy) is 1. The number of halogens is 2. The zero-order chi connectivity index (χ0) is 14.3. The zero-order valence-electron chi connectivity index (χ0n) is 10.5. The van der Waals surface area contributed by atoms with E-state index >= 15 is 0 Å². The third-order valence-corrected chi connectivity index (χ3v) is 4.04. The summed E-state index contributed by atoms with van der Waals surface area (Å²) in [4.78, 5) is 3.12. The predicted molar refractivity (Wildman–Crippen MR) is 85.0 cm³/mol. The summed E-state index contributed by atoms with van der Waals surface area (Å²) < 4.78 is 7.72. The van der Waals surface area contributed by atoms with Gasteiger partial charge >= 0.3 is 0 Å². The number of fused-ring (bicyclic) bond motifs is 1. The summed E-state index contributed by atoms with van der Waals surface area (Å²) >= 11 is 17.5. The van der Waals surface area contributed by atoms with Gasteiger partial charge in [0.05, 0.1) is 33.9 Å². The summed E-state index contributed by atoms with van der Waals surface area (Å²) in [5, 5.41) is 0.984. The molecule has 1 aromatic heterocycles. The Hall–Kier alpha value is -1.49. The molecule has 3 aromatic rings. The van der Waals surface area contributed by atoms with Gasteiger partial charge in [0.15, 0.2) is 4.77 Å². The molecule has 3 rings (SSSR count). The van der Waals surface area contributed by atoms with Gasteiger partial charge in [-0.15, -0.1) is 0 Å². The largest absolute Gasteiger partial charge is 0.497 e. The lowest BCUT2D eigenvalue weighted by atomic mass is 10.2. The minimum Gasteiger partial charge on any atom is -0.497 e. The maximum atomic E-state index is 6.10. The number of nitrogens with one attached hydrogen (secondary N) is 1. The van der Waals surface area contributed by atoms with Crippen molar-refractivity contribution >= 4 is 46.5 Å². The van der Waals surface area contributed by atoms with E-state index in [2.05, 4.69) is 4.98 Å². The van der Waals surface area contributed by atoms with Gasteiger partial charge < -0.3 is 9.72 Å². The van der Waals surface area contributed by atoms with Gasteiger partial charge in [0.1, 0.15) is 5.75 Å². The molecule has 0 unspecified atom stereocenters. The number of benzene rings is 2. The summed E-state index contributed by atoms with van der Waals surface area (Å²) in [6.45, 7) is 0. The predicted octanol–water partition coefficient (Wildman–Crippen LogP) is 5.00. The molecular weight excluding hydrogens is 315 g/mol. The second kappa shape index (κ2) is 5.13. The van der Waals surface area contributed by atoms with E-state index in [0.717, 1.165) is 22.5 Å². The molecular formula is C14H10Cl2N2OS. The zero-order valence-corrected chi connectivity index (χ0v) is 12.8. The van der Waals surface area contributed by atoms with E-state index in [4.69, 9.17) is 40.2 Å². The maximum Gasteiger partial charge on any atom is 0.182 e. The first-order chi connectivity index (χ1) is 9.60. The number of H-pyrrole nitrogens is 1. The highest BCUT2D eigenvalue weighted by Crippen LogP contribution is 2.29. The molecule has 0 amide bonds. The number of nitrogens with zero attached hydrogens (tertiary/aromatic N) is 1. The SMILES string of the molecule is COc1cccc(-n2c(=S)[nH]c3cc(Cl)c(Cl)cc32)c1. The van der Waals surface area contributed by atoms with Crippen LogP contribution in [0.25, 0.3) is 16.7 Å². The summed E-state index contributed by atoms with van der Waals surface area (Å²) in [5.74, 6) is 0.763. The monoisotopic (exact) mass is 324 g/mol. The van der Waals surface area contributed by atoms with Crippen LogP contribution in [0.4, 0.5) is 0 Å². The fourth-order valence-corrected chi connectivity index (χ4v) is 2.74. The van der Waals surface area contributed by atoms with Crippen molar-refractivity contribution in [3.8, 4) is 11.4 Å². The van der Waals surface area contributed by atoms with E-state index in [1.165, 1.54) is 0 Å². The molecule has 0 aliphatic carbocycles. The number of aromatic amines is 1. The first-order valence-corrected chi connectivity index (χ1v) is 7.01. The Morgan fingerprint density at radius 2 is 1.90 bits per heavy atom. The summed E-state index contributed by atoms with van der Waals surface area (Å²) in [7, 11) is 1.63. The van der Waals surface area contributed by atoms with Crippen LogP contribution in [-0.4, -0.2) is 16.7 Å². The molecule has 0 fully saturated rings. The standard InChI is InChI=1S/C14H10Cl2N2OS/c1-19-9-4-2-3-8(5-9)18-13-7-11(16)10(15)6-12(13)17-14(18)20/h2-7H,1H3,(H,17,20). The van der Waals surface area contributed by atoms with E-state index in [1.54, 1.807) is 19.2 Å². The van der Waals surface area contributed by atoms with Crippen LogP contribution < -0.4 is 4.74 Å². The molecule has 3 nitrogen and oxygen atoms in total. The highest BCUT2D eigenvalue weighted by molar-refractivity contribution is 7.71. The quantitative estimate of drug-likeness (QED) is 0.672. The lowest BCUT2D eigenvalue weighted by Gasteiger charge is -2.07. The number of aromatic nitrogens is 2. The lowest BCUT2D eigenvalue weighted by Crippen LogP contribution is -1.94. The fourth-order valence-electron chi connectivity index (χ4n) is 2.11. The van der Waals surface area contributed by atoms with E-state index < -0.39 is 0 Å². The van der Waals surface area contributed by atoms with E-state index in [-0.39, 0.29) is 0 Å². The second-order valence-electron chi connectivity index (χ2n) is 4.25. The average molecular weight is 325 g/mol. The third-order valence-electron chi connectivity index (χ3n) is 3.04. The molecule has 1 N–H and O–H groups in total. The van der Waals surface area contributed by atoms with Gasteiger partial charge in [0.2, 0.25) is 0 Å². The van der Waals surface area contributed by atoms with Gasteiger partial charge in [-0.1, -0.05) is 29.3 Å². The molecule has 102 valence electrons. The molecule has 0 saturated heterocycles. The van der Waals surface area contributed by atoms with Crippen molar-refractivity contribution in [2.24, 2.45) is 0 Å². The van der Waals surface area contributed by atoms with Crippen LogP contribution >= 0.6 is 35.4 Å². The lowest BCUT2D eigenvalue weighted by molar-refractivity contribution is 0.414. The van der Waals surface area contributed by atoms with Crippen molar-refractivity contribution in [1.82, 2.24) is 9.55 Å². The number of hydrogen-bond acceptors (Lipinski definition) is 2. The Kier molecular flexibility index (Phi) is 3.46. The van der Waals surface area contributed by atoms with Crippen LogP contribution in [0.15, 0.2) is 36.4 Å². The molecule has 0 spiro atoms. The summed E-state index contributed by atoms with van der Waals surface area (Å²) in [5.41, 5.74) is 2.61. The maximum absolute atomic E-state index is 6.10. The average Bonchev–Trinajstić information content (AvgIpc) is 2.74. The minimum absolute atomic E-state index is 0.491. The Morgan fingerprint density at radius 3 is 2.65 bits per heavy atom. The number of imidazole rings is 1. The first-order valence-electron chi connectivity index (χ1n) is 5.84.